The third-order valence-electron chi connectivity index (χ3n) is 2.70. The fourth-order valence-electron chi connectivity index (χ4n) is 1.83. The SMILES string of the molecule is COC[C@H](O)CNCc1c(C)cc(Cl)cc1C. The lowest BCUT2D eigenvalue weighted by Gasteiger charge is -2.14. The first-order valence-electron chi connectivity index (χ1n) is 5.68. The van der Waals surface area contributed by atoms with Gasteiger partial charge in [-0.05, 0) is 42.7 Å². The van der Waals surface area contributed by atoms with E-state index in [9.17, 15) is 5.11 Å². The zero-order chi connectivity index (χ0) is 12.8. The molecule has 0 radical (unpaired) electrons. The van der Waals surface area contributed by atoms with E-state index in [1.807, 2.05) is 26.0 Å². The van der Waals surface area contributed by atoms with Crippen LogP contribution >= 0.6 is 11.6 Å². The van der Waals surface area contributed by atoms with Gasteiger partial charge in [0.05, 0.1) is 12.7 Å². The molecule has 0 unspecified atom stereocenters. The van der Waals surface area contributed by atoms with Crippen LogP contribution in [0.1, 0.15) is 16.7 Å². The molecule has 1 atom stereocenters. The zero-order valence-corrected chi connectivity index (χ0v) is 11.3. The number of hydrogen-bond donors (Lipinski definition) is 2. The van der Waals surface area contributed by atoms with Crippen LogP contribution in [0.5, 0.6) is 0 Å². The number of ether oxygens (including phenoxy) is 1. The van der Waals surface area contributed by atoms with Gasteiger partial charge >= 0.3 is 0 Å². The predicted octanol–water partition coefficient (Wildman–Crippen LogP) is 2.05. The lowest BCUT2D eigenvalue weighted by Crippen LogP contribution is -2.30. The van der Waals surface area contributed by atoms with Crippen LogP contribution in [0.15, 0.2) is 12.1 Å². The maximum atomic E-state index is 9.50. The van der Waals surface area contributed by atoms with E-state index in [0.717, 1.165) is 11.6 Å². The van der Waals surface area contributed by atoms with Gasteiger partial charge < -0.3 is 15.2 Å². The Morgan fingerprint density at radius 1 is 1.35 bits per heavy atom. The van der Waals surface area contributed by atoms with Crippen molar-refractivity contribution in [3.63, 3.8) is 0 Å². The Labute approximate surface area is 108 Å². The number of benzene rings is 1. The highest BCUT2D eigenvalue weighted by molar-refractivity contribution is 6.30. The third-order valence-corrected chi connectivity index (χ3v) is 2.92. The van der Waals surface area contributed by atoms with Crippen LogP contribution in [0.2, 0.25) is 5.02 Å². The van der Waals surface area contributed by atoms with Crippen LogP contribution in [0.3, 0.4) is 0 Å². The first-order valence-corrected chi connectivity index (χ1v) is 6.05. The number of aliphatic hydroxyl groups excluding tert-OH is 1. The van der Waals surface area contributed by atoms with E-state index in [-0.39, 0.29) is 0 Å². The van der Waals surface area contributed by atoms with Gasteiger partial charge in [0, 0.05) is 25.2 Å². The highest BCUT2D eigenvalue weighted by Crippen LogP contribution is 2.19. The predicted molar refractivity (Wildman–Crippen MR) is 70.5 cm³/mol. The highest BCUT2D eigenvalue weighted by atomic mass is 35.5. The Kier molecular flexibility index (Phi) is 5.92. The van der Waals surface area contributed by atoms with Crippen LogP contribution in [0.4, 0.5) is 0 Å². The topological polar surface area (TPSA) is 41.5 Å². The lowest BCUT2D eigenvalue weighted by atomic mass is 10.0. The van der Waals surface area contributed by atoms with Crippen LogP contribution in [-0.2, 0) is 11.3 Å². The summed E-state index contributed by atoms with van der Waals surface area (Å²) in [7, 11) is 1.58. The molecule has 4 heteroatoms. The minimum absolute atomic E-state index is 0.353. The monoisotopic (exact) mass is 257 g/mol. The second kappa shape index (κ2) is 6.97. The minimum Gasteiger partial charge on any atom is -0.389 e. The molecule has 0 aromatic heterocycles. The standard InChI is InChI=1S/C13H20ClNO2/c1-9-4-11(14)5-10(2)13(9)7-15-6-12(16)8-17-3/h4-5,12,15-16H,6-8H2,1-3H3/t12-/m1/s1. The Balaban J connectivity index is 2.52. The summed E-state index contributed by atoms with van der Waals surface area (Å²) < 4.78 is 4.86. The Morgan fingerprint density at radius 2 is 1.94 bits per heavy atom. The Morgan fingerprint density at radius 3 is 2.47 bits per heavy atom. The molecule has 0 saturated heterocycles. The summed E-state index contributed by atoms with van der Waals surface area (Å²) in [5, 5.41) is 13.5. The number of aryl methyl sites for hydroxylation is 2. The van der Waals surface area contributed by atoms with Crippen molar-refractivity contribution in [2.45, 2.75) is 26.5 Å². The van der Waals surface area contributed by atoms with Crippen molar-refractivity contribution in [2.24, 2.45) is 0 Å². The molecule has 3 nitrogen and oxygen atoms in total. The van der Waals surface area contributed by atoms with E-state index in [4.69, 9.17) is 16.3 Å². The molecule has 17 heavy (non-hydrogen) atoms. The van der Waals surface area contributed by atoms with Gasteiger partial charge in [-0.25, -0.2) is 0 Å². The van der Waals surface area contributed by atoms with Gasteiger partial charge in [-0.2, -0.15) is 0 Å². The molecule has 0 heterocycles. The molecule has 0 bridgehead atoms. The van der Waals surface area contributed by atoms with Crippen molar-refractivity contribution in [2.75, 3.05) is 20.3 Å². The first kappa shape index (κ1) is 14.5. The molecule has 1 rings (SSSR count). The van der Waals surface area contributed by atoms with Crippen LogP contribution in [0, 0.1) is 13.8 Å². The van der Waals surface area contributed by atoms with Crippen molar-refractivity contribution in [1.82, 2.24) is 5.32 Å². The molecule has 1 aromatic carbocycles. The summed E-state index contributed by atoms with van der Waals surface area (Å²) >= 11 is 5.97. The minimum atomic E-state index is -0.465. The maximum absolute atomic E-state index is 9.50. The summed E-state index contributed by atoms with van der Waals surface area (Å²) in [4.78, 5) is 0. The van der Waals surface area contributed by atoms with Gasteiger partial charge in [0.25, 0.3) is 0 Å². The van der Waals surface area contributed by atoms with Gasteiger partial charge in [-0.15, -0.1) is 0 Å². The molecule has 0 spiro atoms. The molecule has 0 saturated carbocycles. The van der Waals surface area contributed by atoms with Gasteiger partial charge in [0.1, 0.15) is 0 Å². The van der Waals surface area contributed by atoms with Crippen molar-refractivity contribution in [3.05, 3.63) is 33.8 Å². The molecule has 0 aliphatic heterocycles. The van der Waals surface area contributed by atoms with Crippen molar-refractivity contribution < 1.29 is 9.84 Å². The molecule has 0 amide bonds. The maximum Gasteiger partial charge on any atom is 0.0897 e. The van der Waals surface area contributed by atoms with Crippen molar-refractivity contribution >= 4 is 11.6 Å². The number of rotatable bonds is 6. The first-order chi connectivity index (χ1) is 8.04. The number of hydrogen-bond acceptors (Lipinski definition) is 3. The molecule has 2 N–H and O–H groups in total. The van der Waals surface area contributed by atoms with Gasteiger partial charge in [-0.1, -0.05) is 11.6 Å². The quantitative estimate of drug-likeness (QED) is 0.820. The number of methoxy groups -OCH3 is 1. The largest absolute Gasteiger partial charge is 0.389 e. The van der Waals surface area contributed by atoms with Crippen LogP contribution in [0.25, 0.3) is 0 Å². The second-order valence-corrected chi connectivity index (χ2v) is 4.69. The lowest BCUT2D eigenvalue weighted by molar-refractivity contribution is 0.0644. The summed E-state index contributed by atoms with van der Waals surface area (Å²) in [6.07, 6.45) is -0.465. The van der Waals surface area contributed by atoms with Gasteiger partial charge in [0.15, 0.2) is 0 Å². The van der Waals surface area contributed by atoms with E-state index >= 15 is 0 Å². The fraction of sp³-hybridized carbons (Fsp3) is 0.538. The molecule has 96 valence electrons. The summed E-state index contributed by atoms with van der Waals surface area (Å²) in [6.45, 7) is 5.69. The third kappa shape index (κ3) is 4.64. The second-order valence-electron chi connectivity index (χ2n) is 4.26. The Hall–Kier alpha value is -0.610. The summed E-state index contributed by atoms with van der Waals surface area (Å²) in [5.41, 5.74) is 3.58. The number of nitrogens with one attached hydrogen (secondary N) is 1. The molecular weight excluding hydrogens is 238 g/mol. The molecular formula is C13H20ClNO2. The number of halogens is 1. The normalized spacial score (nSPS) is 12.8. The van der Waals surface area contributed by atoms with Crippen molar-refractivity contribution in [3.8, 4) is 0 Å². The summed E-state index contributed by atoms with van der Waals surface area (Å²) in [5.74, 6) is 0. The molecule has 0 aliphatic carbocycles. The molecule has 1 aromatic rings. The average Bonchev–Trinajstić information content (AvgIpc) is 2.22. The average molecular weight is 258 g/mol. The van der Waals surface area contributed by atoms with Crippen LogP contribution < -0.4 is 5.32 Å². The fourth-order valence-corrected chi connectivity index (χ4v) is 2.16. The summed E-state index contributed by atoms with van der Waals surface area (Å²) in [6, 6.07) is 3.91. The van der Waals surface area contributed by atoms with Gasteiger partial charge in [0.2, 0.25) is 0 Å². The van der Waals surface area contributed by atoms with Crippen LogP contribution in [-0.4, -0.2) is 31.5 Å². The van der Waals surface area contributed by atoms with E-state index in [0.29, 0.717) is 13.2 Å². The highest BCUT2D eigenvalue weighted by Gasteiger charge is 2.06. The van der Waals surface area contributed by atoms with Gasteiger partial charge in [-0.3, -0.25) is 0 Å². The number of aliphatic hydroxyl groups is 1. The van der Waals surface area contributed by atoms with Crippen molar-refractivity contribution in [1.29, 1.82) is 0 Å². The van der Waals surface area contributed by atoms with E-state index in [1.165, 1.54) is 16.7 Å². The Bertz CT molecular complexity index is 345. The zero-order valence-electron chi connectivity index (χ0n) is 10.6. The van der Waals surface area contributed by atoms with E-state index < -0.39 is 6.10 Å². The van der Waals surface area contributed by atoms with E-state index in [2.05, 4.69) is 5.32 Å². The molecule has 0 fully saturated rings. The smallest absolute Gasteiger partial charge is 0.0897 e. The molecule has 0 aliphatic rings. The van der Waals surface area contributed by atoms with E-state index in [1.54, 1.807) is 7.11 Å².